The van der Waals surface area contributed by atoms with Gasteiger partial charge in [-0.25, -0.2) is 0 Å². The average Bonchev–Trinajstić information content (AvgIpc) is 3.40. The molecule has 0 unspecified atom stereocenters. The summed E-state index contributed by atoms with van der Waals surface area (Å²) < 4.78 is 81.2. The highest BCUT2D eigenvalue weighted by Gasteiger charge is 2.39. The molecular weight excluding hydrogens is 538 g/mol. The molecule has 7 nitrogen and oxygen atoms in total. The van der Waals surface area contributed by atoms with Crippen molar-refractivity contribution in [2.75, 3.05) is 18.0 Å². The van der Waals surface area contributed by atoms with Crippen molar-refractivity contribution in [1.82, 2.24) is 4.98 Å². The quantitative estimate of drug-likeness (QED) is 0.468. The summed E-state index contributed by atoms with van der Waals surface area (Å²) >= 11 is 0.950. The number of aromatic hydroxyl groups is 1. The summed E-state index contributed by atoms with van der Waals surface area (Å²) in [6.45, 7) is 0.288. The maximum absolute atomic E-state index is 13.9. The van der Waals surface area contributed by atoms with Gasteiger partial charge in [0.2, 0.25) is 5.88 Å². The zero-order chi connectivity index (χ0) is 27.4. The Hall–Kier alpha value is -3.94. The van der Waals surface area contributed by atoms with Crippen LogP contribution in [-0.4, -0.2) is 40.5 Å². The molecule has 2 aromatic carbocycles. The Labute approximate surface area is 213 Å². The molecule has 0 atom stereocenters. The number of halogens is 6. The molecule has 2 aliphatic rings. The first kappa shape index (κ1) is 25.7. The number of rotatable bonds is 5. The topological polar surface area (TPSA) is 98.4 Å². The molecule has 38 heavy (non-hydrogen) atoms. The van der Waals surface area contributed by atoms with E-state index in [1.165, 1.54) is 6.21 Å². The van der Waals surface area contributed by atoms with Crippen molar-refractivity contribution in [3.8, 4) is 5.88 Å². The van der Waals surface area contributed by atoms with Gasteiger partial charge in [-0.3, -0.25) is 4.79 Å². The molecule has 2 N–H and O–H groups in total. The van der Waals surface area contributed by atoms with Gasteiger partial charge in [0.25, 0.3) is 0 Å². The van der Waals surface area contributed by atoms with Crippen molar-refractivity contribution in [1.29, 1.82) is 0 Å². The molecule has 0 saturated carbocycles. The van der Waals surface area contributed by atoms with Gasteiger partial charge in [0, 0.05) is 25.1 Å². The minimum Gasteiger partial charge on any atom is -0.492 e. The number of anilines is 1. The van der Waals surface area contributed by atoms with Gasteiger partial charge in [0.15, 0.2) is 5.13 Å². The third kappa shape index (κ3) is 4.83. The smallest absolute Gasteiger partial charge is 0.416 e. The summed E-state index contributed by atoms with van der Waals surface area (Å²) in [5.74, 6) is -2.09. The van der Waals surface area contributed by atoms with Crippen LogP contribution in [0.15, 0.2) is 46.6 Å². The van der Waals surface area contributed by atoms with Gasteiger partial charge in [-0.15, -0.1) is 0 Å². The second kappa shape index (κ2) is 9.11. The first-order chi connectivity index (χ1) is 17.8. The van der Waals surface area contributed by atoms with Gasteiger partial charge in [-0.05, 0) is 40.6 Å². The van der Waals surface area contributed by atoms with Gasteiger partial charge < -0.3 is 15.1 Å². The van der Waals surface area contributed by atoms with Crippen molar-refractivity contribution in [2.45, 2.75) is 18.8 Å². The number of alkyl halides is 6. The third-order valence-corrected chi connectivity index (χ3v) is 7.39. The van der Waals surface area contributed by atoms with Gasteiger partial charge in [-0.1, -0.05) is 23.5 Å². The molecule has 1 aromatic heterocycles. The van der Waals surface area contributed by atoms with Crippen LogP contribution in [0.5, 0.6) is 5.88 Å². The average molecular weight is 554 g/mol. The molecular formula is C24H16F6N4O3S. The summed E-state index contributed by atoms with van der Waals surface area (Å²) in [5.41, 5.74) is -2.55. The molecule has 198 valence electrons. The summed E-state index contributed by atoms with van der Waals surface area (Å²) in [4.78, 5) is 16.9. The van der Waals surface area contributed by atoms with Crippen molar-refractivity contribution in [3.63, 3.8) is 0 Å². The van der Waals surface area contributed by atoms with Crippen molar-refractivity contribution in [3.05, 3.63) is 74.1 Å². The SMILES string of the molecule is O=C(O)C1CN(c2nc(O)c(/C(Cc3ccc(C(F)(F)F)cc3C(F)(F)F)=c3\ccc4c(c3)C=NN=4)s2)C1. The Kier molecular flexibility index (Phi) is 6.16. The lowest BCUT2D eigenvalue weighted by molar-refractivity contribution is -0.144. The Morgan fingerprint density at radius 2 is 1.79 bits per heavy atom. The molecule has 5 rings (SSSR count). The number of nitrogens with zero attached hydrogens (tertiary/aromatic N) is 4. The van der Waals surface area contributed by atoms with Crippen LogP contribution in [0, 0.1) is 5.92 Å². The number of aliphatic carboxylic acids is 1. The van der Waals surface area contributed by atoms with Crippen LogP contribution < -0.4 is 15.5 Å². The van der Waals surface area contributed by atoms with Crippen LogP contribution in [0.4, 0.5) is 31.5 Å². The van der Waals surface area contributed by atoms with E-state index in [9.17, 15) is 36.2 Å². The minimum atomic E-state index is -5.07. The van der Waals surface area contributed by atoms with Crippen LogP contribution in [0.3, 0.4) is 0 Å². The fourth-order valence-electron chi connectivity index (χ4n) is 4.19. The second-order valence-corrected chi connectivity index (χ2v) is 9.71. The fraction of sp³-hybridized carbons (Fsp3) is 0.250. The van der Waals surface area contributed by atoms with Gasteiger partial charge in [0.05, 0.1) is 33.5 Å². The van der Waals surface area contributed by atoms with E-state index in [4.69, 9.17) is 5.11 Å². The van der Waals surface area contributed by atoms with E-state index < -0.39 is 53.2 Å². The molecule has 0 spiro atoms. The zero-order valence-corrected chi connectivity index (χ0v) is 19.8. The Morgan fingerprint density at radius 1 is 1.05 bits per heavy atom. The van der Waals surface area contributed by atoms with Crippen LogP contribution in [0.1, 0.15) is 27.1 Å². The normalized spacial score (nSPS) is 16.2. The predicted molar refractivity (Wildman–Crippen MR) is 125 cm³/mol. The third-order valence-electron chi connectivity index (χ3n) is 6.22. The highest BCUT2D eigenvalue weighted by Crippen LogP contribution is 2.41. The van der Waals surface area contributed by atoms with Crippen LogP contribution >= 0.6 is 11.3 Å². The summed E-state index contributed by atoms with van der Waals surface area (Å²) in [5, 5.41) is 28.7. The fourth-order valence-corrected chi connectivity index (χ4v) is 5.23. The molecule has 1 fully saturated rings. The lowest BCUT2D eigenvalue weighted by atomic mass is 9.94. The summed E-state index contributed by atoms with van der Waals surface area (Å²) in [7, 11) is 0. The number of carboxylic acids is 1. The Morgan fingerprint density at radius 3 is 2.45 bits per heavy atom. The van der Waals surface area contributed by atoms with E-state index in [1.807, 2.05) is 0 Å². The van der Waals surface area contributed by atoms with Gasteiger partial charge in [0.1, 0.15) is 0 Å². The number of fused-ring (bicyclic) bond motifs is 1. The lowest BCUT2D eigenvalue weighted by Crippen LogP contribution is -2.50. The number of hydrogen-bond acceptors (Lipinski definition) is 7. The number of carboxylic acid groups (broad SMARTS) is 1. The number of carbonyl (C=O) groups is 1. The molecule has 2 aliphatic heterocycles. The molecule has 14 heteroatoms. The van der Waals surface area contributed by atoms with E-state index in [1.54, 1.807) is 23.1 Å². The number of thiazole rings is 1. The molecule has 3 aromatic rings. The zero-order valence-electron chi connectivity index (χ0n) is 19.0. The van der Waals surface area contributed by atoms with Gasteiger partial charge >= 0.3 is 18.3 Å². The number of hydrogen-bond donors (Lipinski definition) is 2. The maximum atomic E-state index is 13.9. The summed E-state index contributed by atoms with van der Waals surface area (Å²) in [6.07, 6.45) is -9.08. The molecule has 3 heterocycles. The van der Waals surface area contributed by atoms with E-state index in [0.717, 1.165) is 17.4 Å². The first-order valence-electron chi connectivity index (χ1n) is 11.0. The Bertz CT molecular complexity index is 1590. The van der Waals surface area contributed by atoms with Crippen molar-refractivity contribution in [2.24, 2.45) is 16.1 Å². The lowest BCUT2D eigenvalue weighted by Gasteiger charge is -2.36. The molecule has 0 bridgehead atoms. The molecule has 1 saturated heterocycles. The molecule has 0 amide bonds. The largest absolute Gasteiger partial charge is 0.492 e. The highest BCUT2D eigenvalue weighted by molar-refractivity contribution is 7.17. The van der Waals surface area contributed by atoms with Crippen molar-refractivity contribution < 1.29 is 41.4 Å². The number of aromatic nitrogens is 1. The van der Waals surface area contributed by atoms with E-state index >= 15 is 0 Å². The van der Waals surface area contributed by atoms with E-state index in [-0.39, 0.29) is 34.7 Å². The van der Waals surface area contributed by atoms with Crippen LogP contribution in [0.2, 0.25) is 0 Å². The maximum Gasteiger partial charge on any atom is 0.416 e. The van der Waals surface area contributed by atoms with Crippen LogP contribution in [0.25, 0.3) is 5.57 Å². The second-order valence-electron chi connectivity index (χ2n) is 8.73. The molecule has 0 radical (unpaired) electrons. The van der Waals surface area contributed by atoms with Crippen molar-refractivity contribution >= 4 is 34.2 Å². The summed E-state index contributed by atoms with van der Waals surface area (Å²) in [6, 6.07) is 6.19. The Balaban J connectivity index is 1.64. The first-order valence-corrected chi connectivity index (χ1v) is 11.8. The standard InChI is InChI=1S/C24H16F6N4O3S/c25-23(26,27)15-3-1-12(17(7-15)24(28,29)30)6-16(11-2-4-18-13(5-11)8-31-33-18)19-20(35)32-22(38-19)34-9-14(10-34)21(36)37/h1-5,7-8,14,35H,6,9-10H2,(H,36,37)/b16-11+. The van der Waals surface area contributed by atoms with E-state index in [0.29, 0.717) is 22.2 Å². The highest BCUT2D eigenvalue weighted by atomic mass is 32.1. The van der Waals surface area contributed by atoms with Gasteiger partial charge in [-0.2, -0.15) is 41.5 Å². The molecule has 0 aliphatic carbocycles. The minimum absolute atomic E-state index is 0.0747. The monoisotopic (exact) mass is 554 g/mol. The number of benzene rings is 2. The predicted octanol–water partition coefficient (Wildman–Crippen LogP) is 3.82. The van der Waals surface area contributed by atoms with E-state index in [2.05, 4.69) is 15.2 Å². The van der Waals surface area contributed by atoms with Crippen LogP contribution in [-0.2, 0) is 23.6 Å².